The number of aromatic hydroxyl groups is 1. The summed E-state index contributed by atoms with van der Waals surface area (Å²) in [6.45, 7) is 2.73. The molecule has 5 fully saturated rings. The van der Waals surface area contributed by atoms with E-state index < -0.39 is 5.82 Å². The Morgan fingerprint density at radius 1 is 0.929 bits per heavy atom. The molecule has 218 valence electrons. The number of hydrogen-bond acceptors (Lipinski definition) is 7. The number of nitrogens with zero attached hydrogens (tertiary/aromatic N) is 5. The smallest absolute Gasteiger partial charge is 0.271 e. The van der Waals surface area contributed by atoms with Gasteiger partial charge < -0.3 is 20.2 Å². The zero-order valence-corrected chi connectivity index (χ0v) is 23.5. The van der Waals surface area contributed by atoms with Gasteiger partial charge in [-0.15, -0.1) is 10.2 Å². The maximum Gasteiger partial charge on any atom is 0.271 e. The molecule has 0 unspecified atom stereocenters. The molecule has 10 heteroatoms. The van der Waals surface area contributed by atoms with Gasteiger partial charge in [-0.25, -0.2) is 4.39 Å². The molecule has 5 aliphatic rings. The summed E-state index contributed by atoms with van der Waals surface area (Å²) in [6, 6.07) is 9.32. The minimum Gasteiger partial charge on any atom is -0.506 e. The first-order chi connectivity index (χ1) is 20.3. The van der Waals surface area contributed by atoms with Crippen LogP contribution in [0.25, 0.3) is 11.1 Å². The Labute approximate surface area is 244 Å². The predicted molar refractivity (Wildman–Crippen MR) is 154 cm³/mol. The summed E-state index contributed by atoms with van der Waals surface area (Å²) in [5.41, 5.74) is 1.56. The quantitative estimate of drug-likeness (QED) is 0.455. The number of aromatic nitrogens is 3. The summed E-state index contributed by atoms with van der Waals surface area (Å²) < 4.78 is 14.9. The summed E-state index contributed by atoms with van der Waals surface area (Å²) in [5.74, 6) is 2.18. The molecule has 9 nitrogen and oxygen atoms in total. The molecule has 1 aromatic carbocycles. The van der Waals surface area contributed by atoms with Crippen molar-refractivity contribution in [2.45, 2.75) is 38.5 Å². The van der Waals surface area contributed by atoms with Gasteiger partial charge in [-0.2, -0.15) is 0 Å². The van der Waals surface area contributed by atoms with E-state index in [0.717, 1.165) is 24.3 Å². The fraction of sp³-hybridized carbons (Fsp3) is 0.469. The Kier molecular flexibility index (Phi) is 6.79. The lowest BCUT2D eigenvalue weighted by atomic mass is 9.49. The van der Waals surface area contributed by atoms with Crippen LogP contribution in [-0.2, 0) is 0 Å². The monoisotopic (exact) mass is 570 g/mol. The Hall–Kier alpha value is -4.08. The van der Waals surface area contributed by atoms with E-state index in [2.05, 4.69) is 20.5 Å². The maximum atomic E-state index is 14.9. The van der Waals surface area contributed by atoms with Gasteiger partial charge >= 0.3 is 0 Å². The van der Waals surface area contributed by atoms with Gasteiger partial charge in [0.1, 0.15) is 11.6 Å². The van der Waals surface area contributed by atoms with Gasteiger partial charge in [-0.05, 0) is 92.0 Å². The second-order valence-electron chi connectivity index (χ2n) is 12.8. The van der Waals surface area contributed by atoms with E-state index in [1.807, 2.05) is 11.0 Å². The number of anilines is 1. The Morgan fingerprint density at radius 2 is 1.64 bits per heavy atom. The van der Waals surface area contributed by atoms with Crippen molar-refractivity contribution in [2.24, 2.45) is 23.2 Å². The van der Waals surface area contributed by atoms with Gasteiger partial charge in [0.05, 0.1) is 6.20 Å². The van der Waals surface area contributed by atoms with E-state index >= 15 is 0 Å². The van der Waals surface area contributed by atoms with E-state index in [-0.39, 0.29) is 34.1 Å². The van der Waals surface area contributed by atoms with E-state index in [9.17, 15) is 19.1 Å². The largest absolute Gasteiger partial charge is 0.506 e. The topological polar surface area (TPSA) is 112 Å². The van der Waals surface area contributed by atoms with Crippen LogP contribution < -0.4 is 10.2 Å². The molecule has 0 radical (unpaired) electrons. The summed E-state index contributed by atoms with van der Waals surface area (Å²) in [5, 5.41) is 21.4. The summed E-state index contributed by atoms with van der Waals surface area (Å²) >= 11 is 0. The van der Waals surface area contributed by atoms with Crippen LogP contribution in [0, 0.1) is 29.0 Å². The average Bonchev–Trinajstić information content (AvgIpc) is 2.99. The van der Waals surface area contributed by atoms with Crippen LogP contribution in [0.2, 0.25) is 0 Å². The lowest BCUT2D eigenvalue weighted by Crippen LogP contribution is -2.51. The molecule has 4 bridgehead atoms. The number of hydrogen-bond donors (Lipinski definition) is 2. The number of benzene rings is 1. The third-order valence-corrected chi connectivity index (χ3v) is 9.81. The molecule has 2 amide bonds. The standard InChI is InChI=1S/C32H35FN6O3/c33-27-13-23(1-2-26(27)24-12-25(40)18-34-17-24)31(42)39-7-5-38(6-8-39)29-4-3-28(36-37-29)30(41)35-19-32-14-20-9-21(15-32)11-22(10-20)16-32/h1-4,12-13,17-18,20-22,40H,5-11,14-16,19H2,(H,35,41). The molecule has 1 aliphatic heterocycles. The molecule has 1 saturated heterocycles. The van der Waals surface area contributed by atoms with Crippen LogP contribution in [0.4, 0.5) is 10.2 Å². The average molecular weight is 571 g/mol. The minimum atomic E-state index is -0.552. The third kappa shape index (κ3) is 5.18. The molecule has 2 N–H and O–H groups in total. The predicted octanol–water partition coefficient (Wildman–Crippen LogP) is 4.29. The summed E-state index contributed by atoms with van der Waals surface area (Å²) in [6.07, 6.45) is 10.6. The summed E-state index contributed by atoms with van der Waals surface area (Å²) in [4.78, 5) is 33.6. The van der Waals surface area contributed by atoms with Crippen molar-refractivity contribution in [1.29, 1.82) is 0 Å². The van der Waals surface area contributed by atoms with Crippen LogP contribution in [-0.4, -0.2) is 69.7 Å². The highest BCUT2D eigenvalue weighted by atomic mass is 19.1. The van der Waals surface area contributed by atoms with Crippen LogP contribution >= 0.6 is 0 Å². The fourth-order valence-corrected chi connectivity index (χ4v) is 8.26. The lowest BCUT2D eigenvalue weighted by molar-refractivity contribution is -0.0503. The Balaban J connectivity index is 0.927. The second-order valence-corrected chi connectivity index (χ2v) is 12.8. The van der Waals surface area contributed by atoms with Crippen molar-refractivity contribution >= 4 is 17.6 Å². The second kappa shape index (κ2) is 10.6. The Bertz CT molecular complexity index is 1470. The molecule has 3 heterocycles. The highest BCUT2D eigenvalue weighted by Gasteiger charge is 2.50. The molecule has 4 aliphatic carbocycles. The maximum absolute atomic E-state index is 14.9. The molecule has 4 saturated carbocycles. The van der Waals surface area contributed by atoms with Crippen molar-refractivity contribution in [3.05, 3.63) is 65.9 Å². The van der Waals surface area contributed by atoms with Gasteiger partial charge in [-0.3, -0.25) is 14.6 Å². The van der Waals surface area contributed by atoms with E-state index in [0.29, 0.717) is 43.3 Å². The van der Waals surface area contributed by atoms with E-state index in [1.54, 1.807) is 17.0 Å². The van der Waals surface area contributed by atoms with Crippen LogP contribution in [0.3, 0.4) is 0 Å². The highest BCUT2D eigenvalue weighted by Crippen LogP contribution is 2.59. The minimum absolute atomic E-state index is 0.0556. The molecular weight excluding hydrogens is 535 g/mol. The number of amides is 2. The number of rotatable bonds is 6. The summed E-state index contributed by atoms with van der Waals surface area (Å²) in [7, 11) is 0. The van der Waals surface area contributed by atoms with Crippen LogP contribution in [0.15, 0.2) is 48.8 Å². The van der Waals surface area contributed by atoms with Gasteiger partial charge in [0.15, 0.2) is 11.5 Å². The first-order valence-electron chi connectivity index (χ1n) is 14.9. The van der Waals surface area contributed by atoms with Crippen molar-refractivity contribution in [2.75, 3.05) is 37.6 Å². The van der Waals surface area contributed by atoms with Crippen molar-refractivity contribution in [3.8, 4) is 16.9 Å². The van der Waals surface area contributed by atoms with Gasteiger partial charge in [0, 0.05) is 55.6 Å². The lowest BCUT2D eigenvalue weighted by Gasteiger charge is -2.56. The molecular formula is C32H35FN6O3. The van der Waals surface area contributed by atoms with Crippen molar-refractivity contribution < 1.29 is 19.1 Å². The van der Waals surface area contributed by atoms with Gasteiger partial charge in [0.2, 0.25) is 0 Å². The number of pyridine rings is 1. The van der Waals surface area contributed by atoms with Gasteiger partial charge in [-0.1, -0.05) is 6.07 Å². The van der Waals surface area contributed by atoms with Crippen LogP contribution in [0.5, 0.6) is 5.75 Å². The third-order valence-electron chi connectivity index (χ3n) is 9.81. The molecule has 8 rings (SSSR count). The number of piperazine rings is 1. The molecule has 0 atom stereocenters. The Morgan fingerprint density at radius 3 is 2.26 bits per heavy atom. The van der Waals surface area contributed by atoms with E-state index in [1.165, 1.54) is 69.1 Å². The molecule has 2 aromatic heterocycles. The highest BCUT2D eigenvalue weighted by molar-refractivity contribution is 5.95. The fourth-order valence-electron chi connectivity index (χ4n) is 8.26. The van der Waals surface area contributed by atoms with Gasteiger partial charge in [0.25, 0.3) is 11.8 Å². The number of carbonyl (C=O) groups is 2. The SMILES string of the molecule is O=C(NCC12CC3CC(CC(C3)C1)C2)c1ccc(N2CCN(C(=O)c3ccc(-c4cncc(O)c4)c(F)c3)CC2)nn1. The number of halogens is 1. The first kappa shape index (κ1) is 26.8. The zero-order chi connectivity index (χ0) is 28.8. The van der Waals surface area contributed by atoms with Crippen molar-refractivity contribution in [1.82, 2.24) is 25.4 Å². The molecule has 42 heavy (non-hydrogen) atoms. The number of nitrogens with one attached hydrogen (secondary N) is 1. The van der Waals surface area contributed by atoms with Crippen molar-refractivity contribution in [3.63, 3.8) is 0 Å². The molecule has 0 spiro atoms. The molecule has 3 aromatic rings. The number of carbonyl (C=O) groups excluding carboxylic acids is 2. The first-order valence-corrected chi connectivity index (χ1v) is 14.9. The van der Waals surface area contributed by atoms with Crippen LogP contribution in [0.1, 0.15) is 59.4 Å². The van der Waals surface area contributed by atoms with E-state index in [4.69, 9.17) is 0 Å². The zero-order valence-electron chi connectivity index (χ0n) is 23.5. The normalized spacial score (nSPS) is 26.4.